The maximum atomic E-state index is 13.7. The second kappa shape index (κ2) is 10.7. The van der Waals surface area contributed by atoms with Gasteiger partial charge in [-0.25, -0.2) is 4.79 Å². The van der Waals surface area contributed by atoms with Crippen molar-refractivity contribution in [2.75, 3.05) is 34.0 Å². The Bertz CT molecular complexity index is 994. The number of esters is 2. The number of dihydropyridines is 1. The second-order valence-electron chi connectivity index (χ2n) is 8.13. The molecule has 178 valence electrons. The minimum absolute atomic E-state index is 0.0770. The summed E-state index contributed by atoms with van der Waals surface area (Å²) in [6, 6.07) is 7.30. The van der Waals surface area contributed by atoms with Gasteiger partial charge >= 0.3 is 11.9 Å². The average molecular weight is 458 g/mol. The minimum atomic E-state index is -0.943. The Labute approximate surface area is 193 Å². The van der Waals surface area contributed by atoms with E-state index in [9.17, 15) is 14.4 Å². The van der Waals surface area contributed by atoms with Crippen molar-refractivity contribution in [2.24, 2.45) is 11.8 Å². The van der Waals surface area contributed by atoms with Gasteiger partial charge in [-0.2, -0.15) is 0 Å². The van der Waals surface area contributed by atoms with Crippen molar-refractivity contribution in [3.63, 3.8) is 0 Å². The highest BCUT2D eigenvalue weighted by atomic mass is 16.6. The van der Waals surface area contributed by atoms with Gasteiger partial charge in [0.2, 0.25) is 0 Å². The van der Waals surface area contributed by atoms with Gasteiger partial charge in [-0.15, -0.1) is 0 Å². The summed E-state index contributed by atoms with van der Waals surface area (Å²) in [5, 5.41) is 3.24. The monoisotopic (exact) mass is 457 g/mol. The largest absolute Gasteiger partial charge is 0.494 e. The molecule has 1 aliphatic carbocycles. The molecule has 0 saturated heterocycles. The highest BCUT2D eigenvalue weighted by Crippen LogP contribution is 2.47. The van der Waals surface area contributed by atoms with E-state index in [2.05, 4.69) is 5.32 Å². The highest BCUT2D eigenvalue weighted by Gasteiger charge is 2.47. The van der Waals surface area contributed by atoms with Gasteiger partial charge in [0.1, 0.15) is 18.3 Å². The van der Waals surface area contributed by atoms with Gasteiger partial charge in [-0.1, -0.05) is 25.1 Å². The molecule has 1 heterocycles. The highest BCUT2D eigenvalue weighted by molar-refractivity contribution is 6.12. The van der Waals surface area contributed by atoms with E-state index in [-0.39, 0.29) is 24.9 Å². The third kappa shape index (κ3) is 4.80. The number of carbonyl (C=O) groups is 3. The molecule has 0 saturated carbocycles. The maximum Gasteiger partial charge on any atom is 0.336 e. The molecule has 1 aromatic carbocycles. The van der Waals surface area contributed by atoms with Crippen LogP contribution in [0.25, 0.3) is 0 Å². The van der Waals surface area contributed by atoms with Crippen molar-refractivity contribution in [3.8, 4) is 5.75 Å². The molecule has 3 rings (SSSR count). The lowest BCUT2D eigenvalue weighted by atomic mass is 9.69. The Hall–Kier alpha value is -3.13. The third-order valence-electron chi connectivity index (χ3n) is 6.01. The Morgan fingerprint density at radius 2 is 1.88 bits per heavy atom. The predicted octanol–water partition coefficient (Wildman–Crippen LogP) is 2.89. The fourth-order valence-corrected chi connectivity index (χ4v) is 4.56. The van der Waals surface area contributed by atoms with Crippen molar-refractivity contribution in [3.05, 3.63) is 52.4 Å². The number of hydrogen-bond donors (Lipinski definition) is 1. The number of benzene rings is 1. The first-order chi connectivity index (χ1) is 15.8. The number of methoxy groups -OCH3 is 2. The number of hydrogen-bond acceptors (Lipinski definition) is 8. The van der Waals surface area contributed by atoms with Gasteiger partial charge in [-0.05, 0) is 32.3 Å². The number of para-hydroxylation sites is 1. The van der Waals surface area contributed by atoms with Crippen LogP contribution in [-0.4, -0.2) is 51.8 Å². The molecule has 8 heteroatoms. The summed E-state index contributed by atoms with van der Waals surface area (Å²) >= 11 is 0. The third-order valence-corrected chi connectivity index (χ3v) is 6.01. The number of ether oxygens (including phenoxy) is 4. The van der Waals surface area contributed by atoms with E-state index < -0.39 is 23.8 Å². The molecule has 0 amide bonds. The summed E-state index contributed by atoms with van der Waals surface area (Å²) in [7, 11) is 2.80. The molecule has 0 spiro atoms. The van der Waals surface area contributed by atoms with Crippen LogP contribution in [0.4, 0.5) is 0 Å². The summed E-state index contributed by atoms with van der Waals surface area (Å²) in [5.74, 6) is -2.86. The average Bonchev–Trinajstić information content (AvgIpc) is 2.78. The SMILES string of the molecule is CCOc1ccccc1[C@H]1C(C(=O)OCCOC)=C(C)NC2=C1C(=O)[C@@H](C(=O)OC)[C@@H](C)C2. The van der Waals surface area contributed by atoms with E-state index in [1.807, 2.05) is 32.0 Å². The number of rotatable bonds is 8. The lowest BCUT2D eigenvalue weighted by Crippen LogP contribution is -2.43. The summed E-state index contributed by atoms with van der Waals surface area (Å²) in [5.41, 5.74) is 2.65. The van der Waals surface area contributed by atoms with E-state index >= 15 is 0 Å². The Morgan fingerprint density at radius 3 is 2.55 bits per heavy atom. The molecular formula is C25H31NO7. The Morgan fingerprint density at radius 1 is 1.15 bits per heavy atom. The van der Waals surface area contributed by atoms with Crippen LogP contribution < -0.4 is 10.1 Å². The zero-order valence-electron chi connectivity index (χ0n) is 19.7. The normalized spacial score (nSPS) is 22.5. The maximum absolute atomic E-state index is 13.7. The minimum Gasteiger partial charge on any atom is -0.494 e. The molecule has 1 aliphatic heterocycles. The van der Waals surface area contributed by atoms with Crippen LogP contribution in [0.2, 0.25) is 0 Å². The van der Waals surface area contributed by atoms with Crippen molar-refractivity contribution >= 4 is 17.7 Å². The van der Waals surface area contributed by atoms with Gasteiger partial charge in [0.15, 0.2) is 5.78 Å². The van der Waals surface area contributed by atoms with Gasteiger partial charge in [-0.3, -0.25) is 9.59 Å². The van der Waals surface area contributed by atoms with Crippen molar-refractivity contribution in [1.82, 2.24) is 5.32 Å². The van der Waals surface area contributed by atoms with E-state index in [0.29, 0.717) is 46.9 Å². The molecule has 2 aliphatic rings. The van der Waals surface area contributed by atoms with Crippen LogP contribution in [-0.2, 0) is 28.6 Å². The van der Waals surface area contributed by atoms with E-state index in [4.69, 9.17) is 18.9 Å². The van der Waals surface area contributed by atoms with Crippen LogP contribution in [0.1, 0.15) is 38.7 Å². The Balaban J connectivity index is 2.17. The molecule has 0 bridgehead atoms. The molecule has 0 aromatic heterocycles. The molecule has 0 fully saturated rings. The van der Waals surface area contributed by atoms with E-state index in [1.165, 1.54) is 14.2 Å². The number of Topliss-reactive ketones (excluding diaryl/α,β-unsaturated/α-hetero) is 1. The number of carbonyl (C=O) groups excluding carboxylic acids is 3. The fraction of sp³-hybridized carbons (Fsp3) is 0.480. The first-order valence-electron chi connectivity index (χ1n) is 11.1. The van der Waals surface area contributed by atoms with E-state index in [0.717, 1.165) is 0 Å². The van der Waals surface area contributed by atoms with Gasteiger partial charge in [0.05, 0.1) is 31.8 Å². The molecular weight excluding hydrogens is 426 g/mol. The van der Waals surface area contributed by atoms with Crippen LogP contribution in [0.3, 0.4) is 0 Å². The molecule has 8 nitrogen and oxygen atoms in total. The summed E-state index contributed by atoms with van der Waals surface area (Å²) < 4.78 is 21.2. The van der Waals surface area contributed by atoms with Crippen LogP contribution in [0.5, 0.6) is 5.75 Å². The molecule has 1 aromatic rings. The van der Waals surface area contributed by atoms with Gasteiger partial charge in [0.25, 0.3) is 0 Å². The Kier molecular flexibility index (Phi) is 7.92. The first kappa shape index (κ1) is 24.5. The fourth-order valence-electron chi connectivity index (χ4n) is 4.56. The zero-order chi connectivity index (χ0) is 24.1. The quantitative estimate of drug-likeness (QED) is 0.361. The summed E-state index contributed by atoms with van der Waals surface area (Å²) in [6.07, 6.45) is 0.470. The van der Waals surface area contributed by atoms with Gasteiger partial charge in [0, 0.05) is 29.6 Å². The van der Waals surface area contributed by atoms with Gasteiger partial charge < -0.3 is 24.3 Å². The molecule has 3 atom stereocenters. The molecule has 0 radical (unpaired) electrons. The zero-order valence-corrected chi connectivity index (χ0v) is 19.7. The smallest absolute Gasteiger partial charge is 0.336 e. The lowest BCUT2D eigenvalue weighted by molar-refractivity contribution is -0.151. The summed E-state index contributed by atoms with van der Waals surface area (Å²) in [6.45, 7) is 6.25. The molecule has 1 N–H and O–H groups in total. The number of nitrogens with one attached hydrogen (secondary N) is 1. The standard InChI is InChI=1S/C25H31NO7/c1-6-32-18-10-8-7-9-16(18)21-20(25(29)33-12-11-30-4)15(3)26-17-13-14(2)19(24(28)31-5)23(27)22(17)21/h7-10,14,19,21,26H,6,11-13H2,1-5H3/t14-,19-,21-/m0/s1. The topological polar surface area (TPSA) is 100 Å². The summed E-state index contributed by atoms with van der Waals surface area (Å²) in [4.78, 5) is 39.4. The van der Waals surface area contributed by atoms with Crippen LogP contribution >= 0.6 is 0 Å². The second-order valence-corrected chi connectivity index (χ2v) is 8.13. The number of ketones is 1. The van der Waals surface area contributed by atoms with Crippen molar-refractivity contribution < 1.29 is 33.3 Å². The predicted molar refractivity (Wildman–Crippen MR) is 120 cm³/mol. The van der Waals surface area contributed by atoms with Crippen LogP contribution in [0.15, 0.2) is 46.8 Å². The number of allylic oxidation sites excluding steroid dienone is 3. The molecule has 33 heavy (non-hydrogen) atoms. The van der Waals surface area contributed by atoms with Crippen molar-refractivity contribution in [2.45, 2.75) is 33.1 Å². The van der Waals surface area contributed by atoms with Crippen LogP contribution in [0, 0.1) is 11.8 Å². The van der Waals surface area contributed by atoms with Crippen molar-refractivity contribution in [1.29, 1.82) is 0 Å². The first-order valence-corrected chi connectivity index (χ1v) is 11.1. The lowest BCUT2D eigenvalue weighted by Gasteiger charge is -2.38. The molecule has 0 unspecified atom stereocenters. The van der Waals surface area contributed by atoms with E-state index in [1.54, 1.807) is 13.0 Å².